The summed E-state index contributed by atoms with van der Waals surface area (Å²) in [5.41, 5.74) is 4.84. The number of nitrogens with zero attached hydrogens (tertiary/aromatic N) is 2. The average molecular weight is 394 g/mol. The van der Waals surface area contributed by atoms with Gasteiger partial charge in [-0.1, -0.05) is 18.2 Å². The van der Waals surface area contributed by atoms with E-state index in [1.165, 1.54) is 36.1 Å². The summed E-state index contributed by atoms with van der Waals surface area (Å²) in [6.07, 6.45) is 0. The minimum absolute atomic E-state index is 0.0170. The number of rotatable bonds is 4. The highest BCUT2D eigenvalue weighted by Gasteiger charge is 2.17. The molecule has 9 heteroatoms. The fourth-order valence-corrected chi connectivity index (χ4v) is 2.74. The first kappa shape index (κ1) is 19.7. The lowest BCUT2D eigenvalue weighted by molar-refractivity contribution is 0.0600. The lowest BCUT2D eigenvalue weighted by Gasteiger charge is -2.11. The van der Waals surface area contributed by atoms with E-state index < -0.39 is 17.8 Å². The molecule has 2 amide bonds. The van der Waals surface area contributed by atoms with E-state index in [1.807, 2.05) is 0 Å². The third-order valence-corrected chi connectivity index (χ3v) is 4.24. The molecule has 0 spiro atoms. The van der Waals surface area contributed by atoms with Crippen molar-refractivity contribution in [2.45, 2.75) is 13.5 Å². The number of carbonyl (C=O) groups excluding carboxylic acids is 3. The van der Waals surface area contributed by atoms with Gasteiger partial charge in [-0.25, -0.2) is 9.48 Å². The van der Waals surface area contributed by atoms with E-state index in [0.717, 1.165) is 0 Å². The van der Waals surface area contributed by atoms with Gasteiger partial charge in [0.2, 0.25) is 0 Å². The van der Waals surface area contributed by atoms with Gasteiger partial charge >= 0.3 is 5.97 Å². The second kappa shape index (κ2) is 8.34. The maximum absolute atomic E-state index is 12.6. The van der Waals surface area contributed by atoms with Crippen LogP contribution in [0.15, 0.2) is 53.3 Å². The number of esters is 1. The number of hydrazine groups is 1. The molecule has 0 aliphatic carbocycles. The van der Waals surface area contributed by atoms with Crippen LogP contribution in [0.5, 0.6) is 0 Å². The van der Waals surface area contributed by atoms with E-state index in [4.69, 9.17) is 0 Å². The summed E-state index contributed by atoms with van der Waals surface area (Å²) >= 11 is 0. The summed E-state index contributed by atoms with van der Waals surface area (Å²) in [5, 5.41) is 4.85. The molecule has 2 aromatic carbocycles. The van der Waals surface area contributed by atoms with Crippen LogP contribution in [0.25, 0.3) is 10.8 Å². The highest BCUT2D eigenvalue weighted by atomic mass is 16.5. The molecule has 0 radical (unpaired) electrons. The lowest BCUT2D eigenvalue weighted by Crippen LogP contribution is -2.42. The van der Waals surface area contributed by atoms with E-state index in [0.29, 0.717) is 22.9 Å². The molecule has 29 heavy (non-hydrogen) atoms. The molecule has 0 atom stereocenters. The van der Waals surface area contributed by atoms with Crippen LogP contribution in [-0.2, 0) is 11.3 Å². The van der Waals surface area contributed by atoms with E-state index in [9.17, 15) is 19.2 Å². The van der Waals surface area contributed by atoms with Crippen LogP contribution in [0, 0.1) is 0 Å². The van der Waals surface area contributed by atoms with Crippen molar-refractivity contribution in [3.63, 3.8) is 0 Å². The van der Waals surface area contributed by atoms with E-state index in [2.05, 4.69) is 20.7 Å². The number of amides is 2. The molecule has 9 nitrogen and oxygen atoms in total. The first-order chi connectivity index (χ1) is 14.0. The van der Waals surface area contributed by atoms with Gasteiger partial charge in [0, 0.05) is 17.5 Å². The molecule has 2 N–H and O–H groups in total. The zero-order valence-corrected chi connectivity index (χ0v) is 15.8. The van der Waals surface area contributed by atoms with Crippen molar-refractivity contribution >= 4 is 28.6 Å². The van der Waals surface area contributed by atoms with Gasteiger partial charge in [0.15, 0.2) is 5.69 Å². The first-order valence-electron chi connectivity index (χ1n) is 8.75. The second-order valence-corrected chi connectivity index (χ2v) is 5.99. The van der Waals surface area contributed by atoms with E-state index in [-0.39, 0.29) is 16.8 Å². The summed E-state index contributed by atoms with van der Waals surface area (Å²) in [5.74, 6) is -1.76. The molecule has 0 bridgehead atoms. The minimum Gasteiger partial charge on any atom is -0.465 e. The van der Waals surface area contributed by atoms with E-state index >= 15 is 0 Å². The Kier molecular flexibility index (Phi) is 5.68. The number of nitrogens with one attached hydrogen (secondary N) is 2. The molecule has 1 aromatic heterocycles. The van der Waals surface area contributed by atoms with E-state index in [1.54, 1.807) is 31.2 Å². The van der Waals surface area contributed by atoms with Crippen LogP contribution >= 0.6 is 0 Å². The molecule has 0 fully saturated rings. The average Bonchev–Trinajstić information content (AvgIpc) is 2.77. The zero-order chi connectivity index (χ0) is 21.0. The molecule has 3 rings (SSSR count). The Morgan fingerprint density at radius 3 is 2.14 bits per heavy atom. The van der Waals surface area contributed by atoms with Crippen LogP contribution < -0.4 is 16.4 Å². The summed E-state index contributed by atoms with van der Waals surface area (Å²) in [4.78, 5) is 48.6. The molecule has 148 valence electrons. The standard InChI is InChI=1S/C20H18N4O5/c1-3-24-19(27)15-7-5-4-6-14(15)16(23-24)18(26)22-21-17(25)12-8-10-13(11-9-12)20(28)29-2/h4-11H,3H2,1-2H3,(H,21,25)(H,22,26). The fourth-order valence-electron chi connectivity index (χ4n) is 2.74. The zero-order valence-electron chi connectivity index (χ0n) is 15.8. The molecule has 0 aliphatic heterocycles. The maximum atomic E-state index is 12.6. The van der Waals surface area contributed by atoms with Gasteiger partial charge in [-0.05, 0) is 37.3 Å². The Labute approximate surface area is 165 Å². The van der Waals surface area contributed by atoms with Crippen molar-refractivity contribution < 1.29 is 19.1 Å². The van der Waals surface area contributed by atoms with Crippen molar-refractivity contribution in [1.29, 1.82) is 0 Å². The third kappa shape index (κ3) is 3.98. The van der Waals surface area contributed by atoms with Gasteiger partial charge in [0.05, 0.1) is 18.1 Å². The normalized spacial score (nSPS) is 10.4. The summed E-state index contributed by atoms with van der Waals surface area (Å²) in [7, 11) is 1.26. The number of methoxy groups -OCH3 is 1. The number of aromatic nitrogens is 2. The Hall–Kier alpha value is -4.01. The molecule has 0 saturated heterocycles. The fraction of sp³-hybridized carbons (Fsp3) is 0.150. The highest BCUT2D eigenvalue weighted by molar-refractivity contribution is 6.06. The van der Waals surface area contributed by atoms with Crippen LogP contribution in [0.4, 0.5) is 0 Å². The molecule has 1 heterocycles. The topological polar surface area (TPSA) is 119 Å². The van der Waals surface area contributed by atoms with Crippen LogP contribution in [0.3, 0.4) is 0 Å². The predicted molar refractivity (Wildman–Crippen MR) is 104 cm³/mol. The number of benzene rings is 2. The Balaban J connectivity index is 1.79. The molecular weight excluding hydrogens is 376 g/mol. The van der Waals surface area contributed by atoms with Gasteiger partial charge in [-0.2, -0.15) is 5.10 Å². The minimum atomic E-state index is -0.664. The number of carbonyl (C=O) groups is 3. The van der Waals surface area contributed by atoms with Crippen molar-refractivity contribution in [3.05, 3.63) is 75.7 Å². The SMILES string of the molecule is CCn1nc(C(=O)NNC(=O)c2ccc(C(=O)OC)cc2)c2ccccc2c1=O. The largest absolute Gasteiger partial charge is 0.465 e. The van der Waals surface area contributed by atoms with Crippen molar-refractivity contribution in [3.8, 4) is 0 Å². The quantitative estimate of drug-likeness (QED) is 0.508. The monoisotopic (exact) mass is 394 g/mol. The smallest absolute Gasteiger partial charge is 0.337 e. The third-order valence-electron chi connectivity index (χ3n) is 4.24. The molecule has 0 saturated carbocycles. The number of hydrogen-bond acceptors (Lipinski definition) is 6. The predicted octanol–water partition coefficient (Wildman–Crippen LogP) is 1.28. The number of ether oxygens (including phenoxy) is 1. The van der Waals surface area contributed by atoms with Gasteiger partial charge in [0.25, 0.3) is 17.4 Å². The van der Waals surface area contributed by atoms with Crippen LogP contribution in [0.2, 0.25) is 0 Å². The molecule has 3 aromatic rings. The van der Waals surface area contributed by atoms with Gasteiger partial charge in [-0.15, -0.1) is 0 Å². The Morgan fingerprint density at radius 1 is 0.931 bits per heavy atom. The van der Waals surface area contributed by atoms with Gasteiger partial charge in [0.1, 0.15) is 0 Å². The van der Waals surface area contributed by atoms with Crippen molar-refractivity contribution in [1.82, 2.24) is 20.6 Å². The van der Waals surface area contributed by atoms with Gasteiger partial charge in [-0.3, -0.25) is 25.2 Å². The summed E-state index contributed by atoms with van der Waals surface area (Å²) in [6, 6.07) is 12.4. The second-order valence-electron chi connectivity index (χ2n) is 5.99. The van der Waals surface area contributed by atoms with Crippen molar-refractivity contribution in [2.75, 3.05) is 7.11 Å². The molecule has 0 aliphatic rings. The molecule has 0 unspecified atom stereocenters. The van der Waals surface area contributed by atoms with Crippen LogP contribution in [-0.4, -0.2) is 34.7 Å². The van der Waals surface area contributed by atoms with Gasteiger partial charge < -0.3 is 4.74 Å². The first-order valence-corrected chi connectivity index (χ1v) is 8.75. The number of aryl methyl sites for hydroxylation is 1. The summed E-state index contributed by atoms with van der Waals surface area (Å²) < 4.78 is 5.78. The number of fused-ring (bicyclic) bond motifs is 1. The Bertz CT molecular complexity index is 1150. The highest BCUT2D eigenvalue weighted by Crippen LogP contribution is 2.13. The molecular formula is C20H18N4O5. The van der Waals surface area contributed by atoms with Crippen molar-refractivity contribution in [2.24, 2.45) is 0 Å². The Morgan fingerprint density at radius 2 is 1.52 bits per heavy atom. The van der Waals surface area contributed by atoms with Crippen LogP contribution in [0.1, 0.15) is 38.1 Å². The summed E-state index contributed by atoms with van der Waals surface area (Å²) in [6.45, 7) is 2.04. The lowest BCUT2D eigenvalue weighted by atomic mass is 10.1. The number of hydrogen-bond donors (Lipinski definition) is 2. The maximum Gasteiger partial charge on any atom is 0.337 e.